The first kappa shape index (κ1) is 30.5. The minimum absolute atomic E-state index is 0.0629. The van der Waals surface area contributed by atoms with E-state index in [-0.39, 0.29) is 37.4 Å². The number of para-hydroxylation sites is 1. The Balaban J connectivity index is 1.53. The molecule has 3 aliphatic rings. The van der Waals surface area contributed by atoms with Crippen LogP contribution in [0.4, 0.5) is 11.4 Å². The van der Waals surface area contributed by atoms with E-state index >= 15 is 0 Å². The predicted octanol–water partition coefficient (Wildman–Crippen LogP) is 3.97. The van der Waals surface area contributed by atoms with Crippen LogP contribution in [-0.4, -0.2) is 78.8 Å². The number of methoxy groups -OCH3 is 1. The minimum atomic E-state index is -1.11. The van der Waals surface area contributed by atoms with Gasteiger partial charge in [-0.15, -0.1) is 13.2 Å². The first-order valence-corrected chi connectivity index (χ1v) is 15.0. The zero-order valence-corrected chi connectivity index (χ0v) is 24.8. The van der Waals surface area contributed by atoms with Crippen molar-refractivity contribution in [3.63, 3.8) is 0 Å². The third-order valence-corrected chi connectivity index (χ3v) is 8.98. The summed E-state index contributed by atoms with van der Waals surface area (Å²) in [5.41, 5.74) is 0.262. The fraction of sp³-hybridized carbons (Fsp3) is 0.441. The summed E-state index contributed by atoms with van der Waals surface area (Å²) in [4.78, 5) is 48.2. The maximum atomic E-state index is 14.6. The number of rotatable bonds is 14. The second-order valence-electron chi connectivity index (χ2n) is 11.4. The van der Waals surface area contributed by atoms with Gasteiger partial charge < -0.3 is 29.3 Å². The van der Waals surface area contributed by atoms with Crippen LogP contribution >= 0.6 is 0 Å². The minimum Gasteiger partial charge on any atom is -0.497 e. The van der Waals surface area contributed by atoms with Gasteiger partial charge in [0.1, 0.15) is 17.4 Å². The van der Waals surface area contributed by atoms with Crippen LogP contribution in [0.25, 0.3) is 0 Å². The van der Waals surface area contributed by atoms with Gasteiger partial charge in [-0.1, -0.05) is 30.4 Å². The van der Waals surface area contributed by atoms with E-state index in [0.29, 0.717) is 50.1 Å². The number of aliphatic hydroxyl groups excluding tert-OH is 1. The van der Waals surface area contributed by atoms with Gasteiger partial charge >= 0.3 is 0 Å². The van der Waals surface area contributed by atoms with Crippen LogP contribution in [0.15, 0.2) is 79.9 Å². The van der Waals surface area contributed by atoms with Gasteiger partial charge in [0, 0.05) is 37.6 Å². The zero-order valence-electron chi connectivity index (χ0n) is 24.8. The number of carbonyl (C=O) groups is 3. The molecule has 9 nitrogen and oxygen atoms in total. The van der Waals surface area contributed by atoms with Gasteiger partial charge in [0.2, 0.25) is 11.8 Å². The third-order valence-electron chi connectivity index (χ3n) is 8.98. The molecule has 228 valence electrons. The number of carbonyl (C=O) groups excluding carboxylic acids is 3. The topological polar surface area (TPSA) is 99.6 Å². The molecule has 5 atom stereocenters. The summed E-state index contributed by atoms with van der Waals surface area (Å²) >= 11 is 0. The van der Waals surface area contributed by atoms with Crippen molar-refractivity contribution in [3.05, 3.63) is 79.9 Å². The number of fused-ring (bicyclic) bond motifs is 1. The van der Waals surface area contributed by atoms with Gasteiger partial charge in [0.15, 0.2) is 0 Å². The van der Waals surface area contributed by atoms with Crippen LogP contribution in [0.2, 0.25) is 0 Å². The molecule has 1 spiro atoms. The molecule has 2 unspecified atom stereocenters. The Hall–Kier alpha value is -3.95. The summed E-state index contributed by atoms with van der Waals surface area (Å²) in [7, 11) is 1.58. The number of hydrogen-bond donors (Lipinski definition) is 1. The third kappa shape index (κ3) is 5.47. The number of anilines is 2. The van der Waals surface area contributed by atoms with Crippen molar-refractivity contribution < 1.29 is 29.0 Å². The predicted molar refractivity (Wildman–Crippen MR) is 165 cm³/mol. The maximum Gasteiger partial charge on any atom is 0.253 e. The Morgan fingerprint density at radius 2 is 1.65 bits per heavy atom. The SMILES string of the molecule is C=CCN(C(=O)C1N(CCCCCO)C(=O)[C@@H]2[C@@H](C(=O)N(CC=C)c3ccccc3)[C@H]3CCC12O3)c1ccc(OC)cc1. The normalized spacial score (nSPS) is 25.3. The van der Waals surface area contributed by atoms with Crippen molar-refractivity contribution in [2.45, 2.75) is 49.9 Å². The molecule has 1 N–H and O–H groups in total. The summed E-state index contributed by atoms with van der Waals surface area (Å²) in [5, 5.41) is 9.32. The molecule has 0 saturated carbocycles. The average molecular weight is 588 g/mol. The van der Waals surface area contributed by atoms with Crippen LogP contribution < -0.4 is 14.5 Å². The summed E-state index contributed by atoms with van der Waals surface area (Å²) in [6.45, 7) is 8.65. The fourth-order valence-electron chi connectivity index (χ4n) is 7.13. The van der Waals surface area contributed by atoms with Crippen LogP contribution in [0, 0.1) is 11.8 Å². The Labute approximate surface area is 253 Å². The first-order valence-electron chi connectivity index (χ1n) is 15.0. The molecular formula is C34H41N3O6. The highest BCUT2D eigenvalue weighted by molar-refractivity contribution is 6.06. The number of unbranched alkanes of at least 4 members (excludes halogenated alkanes) is 2. The molecular weight excluding hydrogens is 546 g/mol. The monoisotopic (exact) mass is 587 g/mol. The smallest absolute Gasteiger partial charge is 0.253 e. The van der Waals surface area contributed by atoms with Crippen molar-refractivity contribution in [2.24, 2.45) is 11.8 Å². The van der Waals surface area contributed by atoms with Gasteiger partial charge in [-0.05, 0) is 68.5 Å². The molecule has 3 heterocycles. The molecule has 3 amide bonds. The largest absolute Gasteiger partial charge is 0.497 e. The standard InChI is InChI=1S/C34H41N3O6/c1-4-20-35(24-12-8-6-9-13-24)31(39)28-27-18-19-34(43-27)29(28)32(40)37(22-10-7-11-23-38)30(34)33(41)36(21-5-2)25-14-16-26(42-3)17-15-25/h4-6,8-9,12-17,27-30,38H,1-2,7,10-11,18-23H2,3H3/t27-,28+,29+,30?,34?/m1/s1. The summed E-state index contributed by atoms with van der Waals surface area (Å²) in [6, 6.07) is 15.7. The van der Waals surface area contributed by atoms with Crippen molar-refractivity contribution in [3.8, 4) is 5.75 Å². The Morgan fingerprint density at radius 3 is 2.28 bits per heavy atom. The fourth-order valence-corrected chi connectivity index (χ4v) is 7.13. The summed E-state index contributed by atoms with van der Waals surface area (Å²) in [6.07, 6.45) is 5.91. The van der Waals surface area contributed by atoms with E-state index in [0.717, 1.165) is 5.69 Å². The van der Waals surface area contributed by atoms with E-state index in [4.69, 9.17) is 9.47 Å². The molecule has 2 bridgehead atoms. The molecule has 0 aromatic heterocycles. The number of benzene rings is 2. The van der Waals surface area contributed by atoms with Crippen molar-refractivity contribution in [1.29, 1.82) is 0 Å². The van der Waals surface area contributed by atoms with E-state index in [9.17, 15) is 19.5 Å². The lowest BCUT2D eigenvalue weighted by molar-refractivity contribution is -0.140. The Bertz CT molecular complexity index is 1330. The highest BCUT2D eigenvalue weighted by Crippen LogP contribution is 2.59. The summed E-state index contributed by atoms with van der Waals surface area (Å²) in [5.74, 6) is -1.50. The van der Waals surface area contributed by atoms with Crippen LogP contribution in [0.3, 0.4) is 0 Å². The second kappa shape index (κ2) is 13.1. The quantitative estimate of drug-likeness (QED) is 0.265. The molecule has 0 aliphatic carbocycles. The molecule has 2 aromatic rings. The second-order valence-corrected chi connectivity index (χ2v) is 11.4. The molecule has 43 heavy (non-hydrogen) atoms. The van der Waals surface area contributed by atoms with Crippen LogP contribution in [0.1, 0.15) is 32.1 Å². The van der Waals surface area contributed by atoms with E-state index < -0.39 is 29.6 Å². The van der Waals surface area contributed by atoms with Gasteiger partial charge in [-0.3, -0.25) is 14.4 Å². The van der Waals surface area contributed by atoms with Gasteiger partial charge in [-0.25, -0.2) is 0 Å². The van der Waals surface area contributed by atoms with Crippen LogP contribution in [-0.2, 0) is 19.1 Å². The van der Waals surface area contributed by atoms with E-state index in [2.05, 4.69) is 13.2 Å². The molecule has 9 heteroatoms. The van der Waals surface area contributed by atoms with E-state index in [1.807, 2.05) is 42.5 Å². The van der Waals surface area contributed by atoms with Crippen molar-refractivity contribution in [2.75, 3.05) is 43.2 Å². The first-order chi connectivity index (χ1) is 20.9. The Kier molecular flexibility index (Phi) is 9.32. The molecule has 3 aliphatic heterocycles. The number of hydrogen-bond acceptors (Lipinski definition) is 6. The lowest BCUT2D eigenvalue weighted by atomic mass is 9.70. The lowest BCUT2D eigenvalue weighted by Gasteiger charge is -2.37. The number of aliphatic hydroxyl groups is 1. The van der Waals surface area contributed by atoms with E-state index in [1.54, 1.807) is 46.1 Å². The van der Waals surface area contributed by atoms with Gasteiger partial charge in [0.25, 0.3) is 5.91 Å². The molecule has 3 fully saturated rings. The van der Waals surface area contributed by atoms with Gasteiger partial charge in [-0.2, -0.15) is 0 Å². The average Bonchev–Trinajstić information content (AvgIpc) is 3.68. The van der Waals surface area contributed by atoms with E-state index in [1.165, 1.54) is 0 Å². The highest BCUT2D eigenvalue weighted by atomic mass is 16.5. The molecule has 5 rings (SSSR count). The number of amides is 3. The Morgan fingerprint density at radius 1 is 1.00 bits per heavy atom. The highest BCUT2D eigenvalue weighted by Gasteiger charge is 2.74. The van der Waals surface area contributed by atoms with Gasteiger partial charge in [0.05, 0.1) is 25.0 Å². The number of likely N-dealkylation sites (tertiary alicyclic amines) is 1. The number of ether oxygens (including phenoxy) is 2. The molecule has 2 aromatic carbocycles. The van der Waals surface area contributed by atoms with Crippen molar-refractivity contribution in [1.82, 2.24) is 4.90 Å². The van der Waals surface area contributed by atoms with Crippen LogP contribution in [0.5, 0.6) is 5.75 Å². The lowest BCUT2D eigenvalue weighted by Crippen LogP contribution is -2.56. The molecule has 0 radical (unpaired) electrons. The maximum absolute atomic E-state index is 14.6. The molecule has 3 saturated heterocycles. The summed E-state index contributed by atoms with van der Waals surface area (Å²) < 4.78 is 12.0. The van der Waals surface area contributed by atoms with Crippen molar-refractivity contribution >= 4 is 29.1 Å². The zero-order chi connectivity index (χ0) is 30.6. The number of nitrogens with zero attached hydrogens (tertiary/aromatic N) is 3.